The first kappa shape index (κ1) is 25.2. The lowest BCUT2D eigenvalue weighted by molar-refractivity contribution is -0.130. The minimum atomic E-state index is 0. The molecular formula is C22H30ClIN6O. The molecular weight excluding hydrogens is 527 g/mol. The molecule has 31 heavy (non-hydrogen) atoms. The standard InChI is InChI=1S/C22H29ClN6O.HI/c1-3-28(15-17-8-5-4-6-9-17)20(30)14-26-22(24-2)27-18-11-13-29(16-18)21-19(23)10-7-12-25-21;/h4-10,12,18H,3,11,13-16H2,1-2H3,(H2,24,26,27);1H. The molecule has 1 atom stereocenters. The van der Waals surface area contributed by atoms with Gasteiger partial charge in [0.05, 0.1) is 11.6 Å². The number of halogens is 2. The maximum absolute atomic E-state index is 12.7. The molecule has 2 N–H and O–H groups in total. The molecule has 0 saturated carbocycles. The predicted octanol–water partition coefficient (Wildman–Crippen LogP) is 3.15. The second-order valence-corrected chi connectivity index (χ2v) is 7.61. The molecule has 9 heteroatoms. The van der Waals surface area contributed by atoms with Gasteiger partial charge in [0.15, 0.2) is 5.96 Å². The van der Waals surface area contributed by atoms with Gasteiger partial charge in [-0.3, -0.25) is 9.79 Å². The van der Waals surface area contributed by atoms with Gasteiger partial charge in [0.25, 0.3) is 0 Å². The Kier molecular flexibility index (Phi) is 10.3. The summed E-state index contributed by atoms with van der Waals surface area (Å²) in [6.07, 6.45) is 2.69. The number of hydrogen-bond donors (Lipinski definition) is 2. The van der Waals surface area contributed by atoms with Crippen LogP contribution in [0.5, 0.6) is 0 Å². The average molecular weight is 557 g/mol. The molecule has 2 heterocycles. The fourth-order valence-electron chi connectivity index (χ4n) is 3.52. The molecule has 1 aliphatic heterocycles. The molecule has 1 fully saturated rings. The van der Waals surface area contributed by atoms with Crippen molar-refractivity contribution in [2.45, 2.75) is 25.9 Å². The van der Waals surface area contributed by atoms with Crippen LogP contribution < -0.4 is 15.5 Å². The lowest BCUT2D eigenvalue weighted by atomic mass is 10.2. The molecule has 1 aliphatic rings. The van der Waals surface area contributed by atoms with E-state index in [4.69, 9.17) is 11.6 Å². The number of likely N-dealkylation sites (N-methyl/N-ethyl adjacent to an activating group) is 1. The van der Waals surface area contributed by atoms with Crippen LogP contribution in [0.15, 0.2) is 53.7 Å². The topological polar surface area (TPSA) is 72.9 Å². The van der Waals surface area contributed by atoms with Crippen LogP contribution in [0.25, 0.3) is 0 Å². The Morgan fingerprint density at radius 1 is 1.29 bits per heavy atom. The Morgan fingerprint density at radius 3 is 2.74 bits per heavy atom. The van der Waals surface area contributed by atoms with Crippen LogP contribution in [0.2, 0.25) is 5.02 Å². The largest absolute Gasteiger partial charge is 0.353 e. The third-order valence-electron chi connectivity index (χ3n) is 5.15. The van der Waals surface area contributed by atoms with Crippen LogP contribution in [-0.2, 0) is 11.3 Å². The molecule has 1 unspecified atom stereocenters. The van der Waals surface area contributed by atoms with E-state index in [1.54, 1.807) is 13.2 Å². The van der Waals surface area contributed by atoms with Crippen molar-refractivity contribution >= 4 is 53.3 Å². The van der Waals surface area contributed by atoms with Gasteiger partial charge in [-0.1, -0.05) is 41.9 Å². The van der Waals surface area contributed by atoms with E-state index in [-0.39, 0.29) is 42.5 Å². The molecule has 168 valence electrons. The van der Waals surface area contributed by atoms with Gasteiger partial charge in [-0.2, -0.15) is 0 Å². The van der Waals surface area contributed by atoms with Crippen molar-refractivity contribution in [3.63, 3.8) is 0 Å². The summed E-state index contributed by atoms with van der Waals surface area (Å²) in [7, 11) is 1.71. The highest BCUT2D eigenvalue weighted by Gasteiger charge is 2.25. The van der Waals surface area contributed by atoms with Crippen molar-refractivity contribution < 1.29 is 4.79 Å². The van der Waals surface area contributed by atoms with E-state index in [0.29, 0.717) is 24.1 Å². The van der Waals surface area contributed by atoms with Gasteiger partial charge < -0.3 is 20.4 Å². The lowest BCUT2D eigenvalue weighted by Crippen LogP contribution is -2.48. The van der Waals surface area contributed by atoms with Gasteiger partial charge >= 0.3 is 0 Å². The van der Waals surface area contributed by atoms with Crippen LogP contribution in [-0.4, -0.2) is 61.0 Å². The zero-order chi connectivity index (χ0) is 21.3. The number of rotatable bonds is 7. The number of carbonyl (C=O) groups is 1. The van der Waals surface area contributed by atoms with Crippen molar-refractivity contribution in [1.29, 1.82) is 0 Å². The minimum Gasteiger partial charge on any atom is -0.353 e. The molecule has 7 nitrogen and oxygen atoms in total. The van der Waals surface area contributed by atoms with Crippen molar-refractivity contribution in [1.82, 2.24) is 20.5 Å². The number of hydrogen-bond acceptors (Lipinski definition) is 4. The lowest BCUT2D eigenvalue weighted by Gasteiger charge is -2.23. The van der Waals surface area contributed by atoms with Crippen LogP contribution in [0.3, 0.4) is 0 Å². The molecule has 2 aromatic rings. The molecule has 1 saturated heterocycles. The summed E-state index contributed by atoms with van der Waals surface area (Å²) in [4.78, 5) is 25.3. The van der Waals surface area contributed by atoms with Gasteiger partial charge in [0, 0.05) is 45.5 Å². The molecule has 0 bridgehead atoms. The smallest absolute Gasteiger partial charge is 0.242 e. The predicted molar refractivity (Wildman–Crippen MR) is 137 cm³/mol. The van der Waals surface area contributed by atoms with Crippen LogP contribution in [0, 0.1) is 0 Å². The summed E-state index contributed by atoms with van der Waals surface area (Å²) in [6.45, 7) is 5.09. The van der Waals surface area contributed by atoms with E-state index in [9.17, 15) is 4.79 Å². The number of amides is 1. The Balaban J connectivity index is 0.00000341. The van der Waals surface area contributed by atoms with E-state index in [0.717, 1.165) is 30.9 Å². The van der Waals surface area contributed by atoms with Gasteiger partial charge in [0.1, 0.15) is 5.82 Å². The molecule has 1 amide bonds. The van der Waals surface area contributed by atoms with Gasteiger partial charge in [-0.25, -0.2) is 4.98 Å². The van der Waals surface area contributed by atoms with Gasteiger partial charge in [-0.15, -0.1) is 24.0 Å². The Hall–Kier alpha value is -2.07. The van der Waals surface area contributed by atoms with E-state index in [2.05, 4.69) is 25.5 Å². The molecule has 0 radical (unpaired) electrons. The van der Waals surface area contributed by atoms with Crippen LogP contribution >= 0.6 is 35.6 Å². The first-order chi connectivity index (χ1) is 14.6. The number of pyridine rings is 1. The SMILES string of the molecule is CCN(Cc1ccccc1)C(=O)CNC(=NC)NC1CCN(c2ncccc2Cl)C1.I. The zero-order valence-electron chi connectivity index (χ0n) is 17.9. The van der Waals surface area contributed by atoms with E-state index >= 15 is 0 Å². The first-order valence-electron chi connectivity index (χ1n) is 10.2. The number of benzene rings is 1. The van der Waals surface area contributed by atoms with Crippen molar-refractivity contribution in [2.24, 2.45) is 4.99 Å². The number of guanidine groups is 1. The fraction of sp³-hybridized carbons (Fsp3) is 0.409. The number of aromatic nitrogens is 1. The highest BCUT2D eigenvalue weighted by molar-refractivity contribution is 14.0. The van der Waals surface area contributed by atoms with Crippen molar-refractivity contribution in [3.05, 3.63) is 59.2 Å². The second kappa shape index (κ2) is 12.7. The monoisotopic (exact) mass is 556 g/mol. The summed E-state index contributed by atoms with van der Waals surface area (Å²) >= 11 is 6.27. The molecule has 0 aliphatic carbocycles. The van der Waals surface area contributed by atoms with Gasteiger partial charge in [-0.05, 0) is 31.0 Å². The average Bonchev–Trinajstić information content (AvgIpc) is 3.24. The summed E-state index contributed by atoms with van der Waals surface area (Å²) < 4.78 is 0. The number of nitrogens with zero attached hydrogens (tertiary/aromatic N) is 4. The maximum atomic E-state index is 12.7. The van der Waals surface area contributed by atoms with E-state index < -0.39 is 0 Å². The number of carbonyl (C=O) groups excluding carboxylic acids is 1. The summed E-state index contributed by atoms with van der Waals surface area (Å²) in [5.41, 5.74) is 1.12. The summed E-state index contributed by atoms with van der Waals surface area (Å²) in [6, 6.07) is 13.9. The van der Waals surface area contributed by atoms with Crippen molar-refractivity contribution in [2.75, 3.05) is 38.1 Å². The summed E-state index contributed by atoms with van der Waals surface area (Å²) in [5.74, 6) is 1.47. The zero-order valence-corrected chi connectivity index (χ0v) is 21.0. The third-order valence-corrected chi connectivity index (χ3v) is 5.44. The van der Waals surface area contributed by atoms with E-state index in [1.165, 1.54) is 0 Å². The van der Waals surface area contributed by atoms with Crippen molar-refractivity contribution in [3.8, 4) is 0 Å². The number of anilines is 1. The fourth-order valence-corrected chi connectivity index (χ4v) is 3.76. The normalized spacial score (nSPS) is 15.9. The Bertz CT molecular complexity index is 866. The number of aliphatic imine (C=N–C) groups is 1. The highest BCUT2D eigenvalue weighted by atomic mass is 127. The molecule has 1 aromatic carbocycles. The molecule has 0 spiro atoms. The third kappa shape index (κ3) is 7.24. The Labute approximate surface area is 206 Å². The van der Waals surface area contributed by atoms with Gasteiger partial charge in [0.2, 0.25) is 5.91 Å². The highest BCUT2D eigenvalue weighted by Crippen LogP contribution is 2.25. The quantitative estimate of drug-likeness (QED) is 0.312. The maximum Gasteiger partial charge on any atom is 0.242 e. The minimum absolute atomic E-state index is 0. The molecule has 3 rings (SSSR count). The second-order valence-electron chi connectivity index (χ2n) is 7.20. The molecule has 1 aromatic heterocycles. The van der Waals surface area contributed by atoms with Crippen LogP contribution in [0.1, 0.15) is 18.9 Å². The number of nitrogens with one attached hydrogen (secondary N) is 2. The van der Waals surface area contributed by atoms with E-state index in [1.807, 2.05) is 54.3 Å². The summed E-state index contributed by atoms with van der Waals surface area (Å²) in [5, 5.41) is 7.21. The first-order valence-corrected chi connectivity index (χ1v) is 10.6. The Morgan fingerprint density at radius 2 is 2.06 bits per heavy atom. The van der Waals surface area contributed by atoms with Crippen LogP contribution in [0.4, 0.5) is 5.82 Å².